The molecule has 3 unspecified atom stereocenters. The second-order valence-corrected chi connectivity index (χ2v) is 12.9. The van der Waals surface area contributed by atoms with Gasteiger partial charge in [0, 0.05) is 38.0 Å². The van der Waals surface area contributed by atoms with Crippen LogP contribution in [0.2, 0.25) is 0 Å². The van der Waals surface area contributed by atoms with Crippen molar-refractivity contribution in [2.45, 2.75) is 90.0 Å². The third kappa shape index (κ3) is 5.81. The number of hydrogen-bond acceptors (Lipinski definition) is 6. The Morgan fingerprint density at radius 1 is 1.11 bits per heavy atom. The predicted molar refractivity (Wildman–Crippen MR) is 171 cm³/mol. The number of ether oxygens (including phenoxy) is 2. The molecule has 44 heavy (non-hydrogen) atoms. The van der Waals surface area contributed by atoms with Crippen LogP contribution in [0.4, 0.5) is 5.69 Å². The molecule has 4 rings (SSSR count). The van der Waals surface area contributed by atoms with Crippen molar-refractivity contribution in [2.24, 2.45) is 17.8 Å². The van der Waals surface area contributed by atoms with Gasteiger partial charge in [-0.25, -0.2) is 0 Å². The van der Waals surface area contributed by atoms with Crippen molar-refractivity contribution in [1.29, 1.82) is 0 Å². The molecule has 0 aromatic heterocycles. The topological polar surface area (TPSA) is 99.6 Å². The molecule has 0 aliphatic carbocycles. The number of rotatable bonds is 16. The highest BCUT2D eigenvalue weighted by atomic mass is 16.5. The molecule has 9 nitrogen and oxygen atoms in total. The van der Waals surface area contributed by atoms with Gasteiger partial charge in [-0.1, -0.05) is 31.9 Å². The minimum atomic E-state index is -1.11. The number of amides is 3. The fraction of sp³-hybridized carbons (Fsp3) is 0.629. The number of hydrogen-bond donors (Lipinski definition) is 1. The average Bonchev–Trinajstić information content (AvgIpc) is 3.50. The van der Waals surface area contributed by atoms with Crippen molar-refractivity contribution < 1.29 is 29.0 Å². The van der Waals surface area contributed by atoms with Crippen LogP contribution in [0.1, 0.15) is 66.7 Å². The number of aliphatic hydroxyl groups excluding tert-OH is 1. The summed E-state index contributed by atoms with van der Waals surface area (Å²) in [6.07, 6.45) is 6.96. The van der Waals surface area contributed by atoms with Crippen LogP contribution >= 0.6 is 0 Å². The van der Waals surface area contributed by atoms with E-state index in [1.807, 2.05) is 52.0 Å². The van der Waals surface area contributed by atoms with Crippen LogP contribution in [0.25, 0.3) is 0 Å². The molecule has 9 heteroatoms. The fourth-order valence-electron chi connectivity index (χ4n) is 7.74. The van der Waals surface area contributed by atoms with E-state index in [0.29, 0.717) is 50.4 Å². The highest BCUT2D eigenvalue weighted by molar-refractivity contribution is 6.03. The molecular weight excluding hydrogens is 558 g/mol. The van der Waals surface area contributed by atoms with Crippen molar-refractivity contribution in [3.8, 4) is 5.75 Å². The van der Waals surface area contributed by atoms with E-state index in [1.165, 1.54) is 0 Å². The molecule has 1 aromatic carbocycles. The predicted octanol–water partition coefficient (Wildman–Crippen LogP) is 4.59. The number of nitrogens with zero attached hydrogens (tertiary/aromatic N) is 3. The lowest BCUT2D eigenvalue weighted by atomic mass is 9.62. The Morgan fingerprint density at radius 2 is 1.77 bits per heavy atom. The zero-order valence-corrected chi connectivity index (χ0v) is 27.2. The van der Waals surface area contributed by atoms with E-state index >= 15 is 0 Å². The van der Waals surface area contributed by atoms with Crippen LogP contribution in [0.3, 0.4) is 0 Å². The number of carbonyl (C=O) groups is 3. The standard InChI is InChI=1S/C35H51N3O6/c1-8-19-36(24(4)5)33(42)30-35-23-25(6)34(7,44-35)28(29(35)32(41)38(30)21-13-11-12-14-22-39)31(40)37(20-9-2)26-15-17-27(18-16-26)43-10-3/h8-9,15-18,24-25,28-30,39H,1-2,10-14,19-23H2,3-7H3/t25?,28-,29-,30?,34+,35?/m0/s1. The Morgan fingerprint density at radius 3 is 2.36 bits per heavy atom. The number of unbranched alkanes of at least 4 members (excludes halogenated alkanes) is 3. The summed E-state index contributed by atoms with van der Waals surface area (Å²) in [6.45, 7) is 19.3. The summed E-state index contributed by atoms with van der Waals surface area (Å²) in [7, 11) is 0. The van der Waals surface area contributed by atoms with Gasteiger partial charge in [0.25, 0.3) is 0 Å². The lowest BCUT2D eigenvalue weighted by molar-refractivity contribution is -0.153. The first kappa shape index (κ1) is 33.7. The smallest absolute Gasteiger partial charge is 0.248 e. The molecule has 6 atom stereocenters. The molecule has 3 aliphatic heterocycles. The number of fused-ring (bicyclic) bond motifs is 1. The van der Waals surface area contributed by atoms with Crippen LogP contribution in [0.5, 0.6) is 5.75 Å². The van der Waals surface area contributed by atoms with Gasteiger partial charge >= 0.3 is 0 Å². The van der Waals surface area contributed by atoms with E-state index in [9.17, 15) is 19.5 Å². The third-order valence-corrected chi connectivity index (χ3v) is 9.89. The molecule has 1 aromatic rings. The first-order chi connectivity index (χ1) is 21.0. The van der Waals surface area contributed by atoms with Crippen LogP contribution in [-0.2, 0) is 19.1 Å². The van der Waals surface area contributed by atoms with Gasteiger partial charge in [-0.2, -0.15) is 0 Å². The Labute approximate surface area is 262 Å². The fourth-order valence-corrected chi connectivity index (χ4v) is 7.74. The van der Waals surface area contributed by atoms with Gasteiger partial charge in [0.15, 0.2) is 0 Å². The molecule has 3 saturated heterocycles. The number of anilines is 1. The largest absolute Gasteiger partial charge is 0.494 e. The van der Waals surface area contributed by atoms with Gasteiger partial charge < -0.3 is 29.3 Å². The van der Waals surface area contributed by atoms with Gasteiger partial charge in [0.2, 0.25) is 17.7 Å². The number of carbonyl (C=O) groups excluding carboxylic acids is 3. The van der Waals surface area contributed by atoms with Crippen molar-refractivity contribution in [2.75, 3.05) is 37.7 Å². The maximum Gasteiger partial charge on any atom is 0.248 e. The molecule has 2 bridgehead atoms. The zero-order valence-electron chi connectivity index (χ0n) is 27.2. The van der Waals surface area contributed by atoms with Gasteiger partial charge in [-0.15, -0.1) is 13.2 Å². The van der Waals surface area contributed by atoms with Crippen LogP contribution < -0.4 is 9.64 Å². The Bertz CT molecular complexity index is 1220. The summed E-state index contributed by atoms with van der Waals surface area (Å²) in [6, 6.07) is 6.42. The van der Waals surface area contributed by atoms with Gasteiger partial charge in [0.05, 0.1) is 24.0 Å². The second kappa shape index (κ2) is 13.9. The van der Waals surface area contributed by atoms with Crippen LogP contribution in [0, 0.1) is 17.8 Å². The molecule has 3 aliphatic rings. The van der Waals surface area contributed by atoms with Crippen molar-refractivity contribution in [1.82, 2.24) is 9.80 Å². The molecule has 3 fully saturated rings. The lowest BCUT2D eigenvalue weighted by Crippen LogP contribution is -2.58. The van der Waals surface area contributed by atoms with Crippen LogP contribution in [0.15, 0.2) is 49.6 Å². The Hall–Kier alpha value is -3.17. The maximum absolute atomic E-state index is 14.7. The normalized spacial score (nSPS) is 28.7. The Kier molecular flexibility index (Phi) is 10.6. The van der Waals surface area contributed by atoms with E-state index in [1.54, 1.807) is 26.9 Å². The van der Waals surface area contributed by atoms with Crippen molar-refractivity contribution in [3.63, 3.8) is 0 Å². The molecule has 0 saturated carbocycles. The summed E-state index contributed by atoms with van der Waals surface area (Å²) in [5.74, 6) is -1.45. The molecule has 1 spiro atoms. The highest BCUT2D eigenvalue weighted by Crippen LogP contribution is 2.65. The van der Waals surface area contributed by atoms with E-state index in [0.717, 1.165) is 12.8 Å². The molecule has 242 valence electrons. The summed E-state index contributed by atoms with van der Waals surface area (Å²) in [5.41, 5.74) is -1.35. The van der Waals surface area contributed by atoms with E-state index in [2.05, 4.69) is 20.1 Å². The average molecular weight is 610 g/mol. The van der Waals surface area contributed by atoms with Crippen molar-refractivity contribution in [3.05, 3.63) is 49.6 Å². The van der Waals surface area contributed by atoms with E-state index < -0.39 is 29.1 Å². The molecule has 1 N–H and O–H groups in total. The number of likely N-dealkylation sites (tertiary alicyclic amines) is 1. The summed E-state index contributed by atoms with van der Waals surface area (Å²) in [5, 5.41) is 9.22. The minimum Gasteiger partial charge on any atom is -0.494 e. The van der Waals surface area contributed by atoms with Gasteiger partial charge in [-0.05, 0) is 77.1 Å². The second-order valence-electron chi connectivity index (χ2n) is 12.9. The molecule has 3 heterocycles. The monoisotopic (exact) mass is 609 g/mol. The first-order valence-electron chi connectivity index (χ1n) is 16.2. The highest BCUT2D eigenvalue weighted by Gasteiger charge is 2.80. The van der Waals surface area contributed by atoms with Gasteiger partial charge in [0.1, 0.15) is 17.4 Å². The first-order valence-corrected chi connectivity index (χ1v) is 16.2. The van der Waals surface area contributed by atoms with Crippen molar-refractivity contribution >= 4 is 23.4 Å². The lowest BCUT2D eigenvalue weighted by Gasteiger charge is -2.39. The SMILES string of the molecule is C=CCN(C(=O)[C@@H]1[C@H]2C(=O)N(CCCCCCO)C(C(=O)N(CC=C)C(C)C)C23CC(C)[C@@]1(C)O3)c1ccc(OCC)cc1. The number of aliphatic hydroxyl groups is 1. The molecular formula is C35H51N3O6. The third-order valence-electron chi connectivity index (χ3n) is 9.89. The van der Waals surface area contributed by atoms with E-state index in [-0.39, 0.29) is 42.8 Å². The molecule has 0 radical (unpaired) electrons. The number of benzene rings is 1. The van der Waals surface area contributed by atoms with Crippen LogP contribution in [-0.4, -0.2) is 88.8 Å². The van der Waals surface area contributed by atoms with E-state index in [4.69, 9.17) is 9.47 Å². The van der Waals surface area contributed by atoms with Gasteiger partial charge in [-0.3, -0.25) is 14.4 Å². The Balaban J connectivity index is 1.76. The summed E-state index contributed by atoms with van der Waals surface area (Å²) in [4.78, 5) is 48.9. The summed E-state index contributed by atoms with van der Waals surface area (Å²) < 4.78 is 12.6. The minimum absolute atomic E-state index is 0.0573. The quantitative estimate of drug-likeness (QED) is 0.218. The molecule has 3 amide bonds. The maximum atomic E-state index is 14.7. The summed E-state index contributed by atoms with van der Waals surface area (Å²) >= 11 is 0. The zero-order chi connectivity index (χ0) is 32.2.